The number of hydrogen-bond donors (Lipinski definition) is 0. The number of benzene rings is 1. The number of carbonyl (C=O) groups is 2. The van der Waals surface area contributed by atoms with E-state index < -0.39 is 11.9 Å². The summed E-state index contributed by atoms with van der Waals surface area (Å²) in [5.41, 5.74) is 1.12. The molecule has 1 heterocycles. The SMILES string of the molecule is COC(=O)c1cc(-c2cc(OC)c(OC)c(OC)c2)c(C(=O)OC)s1. The second kappa shape index (κ2) is 7.89. The molecule has 8 heteroatoms. The Kier molecular flexibility index (Phi) is 5.87. The van der Waals surface area contributed by atoms with E-state index in [4.69, 9.17) is 23.7 Å². The van der Waals surface area contributed by atoms with Crippen molar-refractivity contribution in [3.05, 3.63) is 28.0 Å². The Bertz CT molecular complexity index is 769. The first-order chi connectivity index (χ1) is 12.0. The van der Waals surface area contributed by atoms with Crippen molar-refractivity contribution in [1.29, 1.82) is 0 Å². The van der Waals surface area contributed by atoms with Gasteiger partial charge < -0.3 is 23.7 Å². The van der Waals surface area contributed by atoms with Crippen molar-refractivity contribution < 1.29 is 33.3 Å². The molecule has 0 bridgehead atoms. The van der Waals surface area contributed by atoms with Gasteiger partial charge in [0.15, 0.2) is 11.5 Å². The summed E-state index contributed by atoms with van der Waals surface area (Å²) in [6, 6.07) is 4.96. The van der Waals surface area contributed by atoms with Crippen molar-refractivity contribution in [2.75, 3.05) is 35.5 Å². The molecule has 0 aliphatic rings. The predicted octanol–water partition coefficient (Wildman–Crippen LogP) is 3.01. The lowest BCUT2D eigenvalue weighted by molar-refractivity contribution is 0.0600. The summed E-state index contributed by atoms with van der Waals surface area (Å²) in [7, 11) is 7.04. The average molecular weight is 366 g/mol. The molecule has 0 spiro atoms. The number of ether oxygens (including phenoxy) is 5. The smallest absolute Gasteiger partial charge is 0.348 e. The minimum atomic E-state index is -0.552. The maximum atomic E-state index is 12.1. The highest BCUT2D eigenvalue weighted by Crippen LogP contribution is 2.43. The fourth-order valence-corrected chi connectivity index (χ4v) is 3.30. The van der Waals surface area contributed by atoms with Gasteiger partial charge in [0.1, 0.15) is 9.75 Å². The first-order valence-corrected chi connectivity index (χ1v) is 7.93. The molecule has 0 saturated heterocycles. The molecular formula is C17H18O7S. The predicted molar refractivity (Wildman–Crippen MR) is 92.1 cm³/mol. The monoisotopic (exact) mass is 366 g/mol. The maximum absolute atomic E-state index is 12.1. The van der Waals surface area contributed by atoms with Crippen molar-refractivity contribution in [2.45, 2.75) is 0 Å². The summed E-state index contributed by atoms with van der Waals surface area (Å²) in [4.78, 5) is 24.5. The molecule has 0 unspecified atom stereocenters. The summed E-state index contributed by atoms with van der Waals surface area (Å²) >= 11 is 0.995. The van der Waals surface area contributed by atoms with Gasteiger partial charge in [-0.25, -0.2) is 9.59 Å². The van der Waals surface area contributed by atoms with Gasteiger partial charge in [-0.05, 0) is 23.8 Å². The number of thiophene rings is 1. The first-order valence-electron chi connectivity index (χ1n) is 7.11. The van der Waals surface area contributed by atoms with E-state index in [1.54, 1.807) is 18.2 Å². The van der Waals surface area contributed by atoms with Crippen LogP contribution in [0.3, 0.4) is 0 Å². The molecule has 2 aromatic rings. The molecule has 1 aromatic carbocycles. The van der Waals surface area contributed by atoms with Crippen LogP contribution in [0, 0.1) is 0 Å². The minimum Gasteiger partial charge on any atom is -0.493 e. The average Bonchev–Trinajstić information content (AvgIpc) is 3.10. The molecule has 25 heavy (non-hydrogen) atoms. The normalized spacial score (nSPS) is 10.1. The summed E-state index contributed by atoms with van der Waals surface area (Å²) in [5, 5.41) is 0. The zero-order chi connectivity index (χ0) is 18.6. The molecule has 0 aliphatic heterocycles. The van der Waals surface area contributed by atoms with Gasteiger partial charge in [0, 0.05) is 5.56 Å². The van der Waals surface area contributed by atoms with Gasteiger partial charge in [0.2, 0.25) is 5.75 Å². The topological polar surface area (TPSA) is 80.3 Å². The van der Waals surface area contributed by atoms with Crippen LogP contribution >= 0.6 is 11.3 Å². The maximum Gasteiger partial charge on any atom is 0.348 e. The van der Waals surface area contributed by atoms with E-state index in [0.717, 1.165) is 11.3 Å². The van der Waals surface area contributed by atoms with Gasteiger partial charge in [-0.15, -0.1) is 11.3 Å². The third-order valence-electron chi connectivity index (χ3n) is 3.47. The van der Waals surface area contributed by atoms with Crippen molar-refractivity contribution in [3.8, 4) is 28.4 Å². The highest BCUT2D eigenvalue weighted by Gasteiger charge is 2.24. The van der Waals surface area contributed by atoms with Crippen molar-refractivity contribution in [1.82, 2.24) is 0 Å². The molecule has 7 nitrogen and oxygen atoms in total. The van der Waals surface area contributed by atoms with Crippen LogP contribution in [0.25, 0.3) is 11.1 Å². The van der Waals surface area contributed by atoms with Gasteiger partial charge in [0.05, 0.1) is 35.5 Å². The first kappa shape index (κ1) is 18.6. The number of esters is 2. The summed E-state index contributed by atoms with van der Waals surface area (Å²) in [6.07, 6.45) is 0. The Labute approximate surface area is 149 Å². The van der Waals surface area contributed by atoms with Crippen LogP contribution in [0.1, 0.15) is 19.3 Å². The zero-order valence-corrected chi connectivity index (χ0v) is 15.3. The van der Waals surface area contributed by atoms with Gasteiger partial charge in [-0.2, -0.15) is 0 Å². The Morgan fingerprint density at radius 2 is 1.36 bits per heavy atom. The lowest BCUT2D eigenvalue weighted by Gasteiger charge is -2.14. The van der Waals surface area contributed by atoms with Gasteiger partial charge in [0.25, 0.3) is 0 Å². The molecule has 0 aliphatic carbocycles. The Morgan fingerprint density at radius 1 is 0.800 bits per heavy atom. The van der Waals surface area contributed by atoms with E-state index in [-0.39, 0.29) is 9.75 Å². The van der Waals surface area contributed by atoms with Gasteiger partial charge >= 0.3 is 11.9 Å². The van der Waals surface area contributed by atoms with Crippen LogP contribution in [0.4, 0.5) is 0 Å². The van der Waals surface area contributed by atoms with Crippen molar-refractivity contribution in [2.24, 2.45) is 0 Å². The lowest BCUT2D eigenvalue weighted by atomic mass is 10.0. The quantitative estimate of drug-likeness (QED) is 0.727. The number of carbonyl (C=O) groups excluding carboxylic acids is 2. The largest absolute Gasteiger partial charge is 0.493 e. The van der Waals surface area contributed by atoms with Crippen LogP contribution in [-0.4, -0.2) is 47.5 Å². The van der Waals surface area contributed by atoms with Crippen LogP contribution in [0.5, 0.6) is 17.2 Å². The summed E-state index contributed by atoms with van der Waals surface area (Å²) < 4.78 is 25.5. The van der Waals surface area contributed by atoms with Crippen LogP contribution in [0.2, 0.25) is 0 Å². The fraction of sp³-hybridized carbons (Fsp3) is 0.294. The standard InChI is InChI=1S/C17H18O7S/c1-20-11-6-9(7-12(21-2)14(11)22-3)10-8-13(16(18)23-4)25-15(10)17(19)24-5/h6-8H,1-5H3. The lowest BCUT2D eigenvalue weighted by Crippen LogP contribution is -2.00. The molecule has 0 atom stereocenters. The second-order valence-corrected chi connectivity index (χ2v) is 5.80. The third-order valence-corrected chi connectivity index (χ3v) is 4.56. The Balaban J connectivity index is 2.70. The van der Waals surface area contributed by atoms with Crippen LogP contribution in [-0.2, 0) is 9.47 Å². The van der Waals surface area contributed by atoms with E-state index in [2.05, 4.69) is 0 Å². The van der Waals surface area contributed by atoms with E-state index in [9.17, 15) is 9.59 Å². The zero-order valence-electron chi connectivity index (χ0n) is 14.5. The van der Waals surface area contributed by atoms with E-state index >= 15 is 0 Å². The van der Waals surface area contributed by atoms with Crippen LogP contribution in [0.15, 0.2) is 18.2 Å². The summed E-state index contributed by atoms with van der Waals surface area (Å²) in [5.74, 6) is 0.200. The molecule has 0 N–H and O–H groups in total. The van der Waals surface area contributed by atoms with E-state index in [1.807, 2.05) is 0 Å². The number of hydrogen-bond acceptors (Lipinski definition) is 8. The van der Waals surface area contributed by atoms with Crippen molar-refractivity contribution in [3.63, 3.8) is 0 Å². The molecule has 0 saturated carbocycles. The molecule has 0 radical (unpaired) electrons. The number of methoxy groups -OCH3 is 5. The highest BCUT2D eigenvalue weighted by molar-refractivity contribution is 7.16. The van der Waals surface area contributed by atoms with Gasteiger partial charge in [-0.3, -0.25) is 0 Å². The Morgan fingerprint density at radius 3 is 1.80 bits per heavy atom. The molecule has 2 rings (SSSR count). The van der Waals surface area contributed by atoms with Gasteiger partial charge in [-0.1, -0.05) is 0 Å². The fourth-order valence-electron chi connectivity index (χ4n) is 2.29. The van der Waals surface area contributed by atoms with E-state index in [1.165, 1.54) is 35.5 Å². The number of rotatable bonds is 6. The van der Waals surface area contributed by atoms with E-state index in [0.29, 0.717) is 28.4 Å². The minimum absolute atomic E-state index is 0.275. The molecule has 134 valence electrons. The molecular weight excluding hydrogens is 348 g/mol. The Hall–Kier alpha value is -2.74. The van der Waals surface area contributed by atoms with Crippen LogP contribution < -0.4 is 14.2 Å². The molecule has 1 aromatic heterocycles. The van der Waals surface area contributed by atoms with Crippen molar-refractivity contribution >= 4 is 23.3 Å². The molecule has 0 fully saturated rings. The third kappa shape index (κ3) is 3.53. The second-order valence-electron chi connectivity index (χ2n) is 4.75. The molecule has 0 amide bonds. The highest BCUT2D eigenvalue weighted by atomic mass is 32.1. The summed E-state index contributed by atoms with van der Waals surface area (Å²) in [6.45, 7) is 0.